The van der Waals surface area contributed by atoms with Crippen molar-refractivity contribution in [2.24, 2.45) is 0 Å². The summed E-state index contributed by atoms with van der Waals surface area (Å²) >= 11 is 0. The molecule has 0 amide bonds. The van der Waals surface area contributed by atoms with Crippen LogP contribution in [0, 0.1) is 0 Å². The van der Waals surface area contributed by atoms with Crippen molar-refractivity contribution < 1.29 is 14.7 Å². The zero-order valence-corrected chi connectivity index (χ0v) is 15.1. The Balaban J connectivity index is 2.00. The molecule has 0 aliphatic rings. The largest absolute Gasteiger partial charge is 0.480 e. The molecule has 0 aliphatic carbocycles. The molecular formula is C21H15N3O5. The fourth-order valence-electron chi connectivity index (χ4n) is 3.27. The highest BCUT2D eigenvalue weighted by atomic mass is 16.4. The lowest BCUT2D eigenvalue weighted by Crippen LogP contribution is -2.35. The molecule has 0 spiro atoms. The second-order valence-electron chi connectivity index (χ2n) is 6.33. The summed E-state index contributed by atoms with van der Waals surface area (Å²) in [4.78, 5) is 50.5. The van der Waals surface area contributed by atoms with E-state index in [1.54, 1.807) is 36.4 Å². The number of benzene rings is 3. The van der Waals surface area contributed by atoms with E-state index in [2.05, 4.69) is 0 Å². The minimum absolute atomic E-state index is 0.189. The van der Waals surface area contributed by atoms with Crippen LogP contribution < -0.4 is 11.4 Å². The molecule has 0 atom stereocenters. The number of nitrogens with zero attached hydrogens (tertiary/aromatic N) is 3. The second kappa shape index (κ2) is 7.08. The van der Waals surface area contributed by atoms with Crippen LogP contribution >= 0.6 is 0 Å². The highest BCUT2D eigenvalue weighted by Crippen LogP contribution is 2.19. The Morgan fingerprint density at radius 2 is 1.45 bits per heavy atom. The van der Waals surface area contributed by atoms with Crippen LogP contribution in [0.4, 0.5) is 0 Å². The summed E-state index contributed by atoms with van der Waals surface area (Å²) < 4.78 is 2.01. The van der Waals surface area contributed by atoms with Crippen LogP contribution in [0.3, 0.4) is 0 Å². The van der Waals surface area contributed by atoms with E-state index in [0.29, 0.717) is 14.7 Å². The van der Waals surface area contributed by atoms with E-state index in [0.717, 1.165) is 9.95 Å². The first kappa shape index (κ1) is 18.2. The van der Waals surface area contributed by atoms with Gasteiger partial charge in [0.2, 0.25) is 0 Å². The number of carboxylic acid groups (broad SMARTS) is 1. The van der Waals surface area contributed by atoms with Crippen molar-refractivity contribution >= 4 is 22.6 Å². The average molecular weight is 389 g/mol. The molecule has 0 aliphatic heterocycles. The number of aromatic nitrogens is 3. The van der Waals surface area contributed by atoms with Gasteiger partial charge >= 0.3 is 17.3 Å². The third kappa shape index (κ3) is 3.06. The zero-order chi connectivity index (χ0) is 20.5. The molecule has 29 heavy (non-hydrogen) atoms. The molecule has 1 heterocycles. The molecule has 144 valence electrons. The van der Waals surface area contributed by atoms with Gasteiger partial charge in [-0.2, -0.15) is 4.68 Å². The minimum Gasteiger partial charge on any atom is -0.480 e. The van der Waals surface area contributed by atoms with Gasteiger partial charge < -0.3 is 5.11 Å². The lowest BCUT2D eigenvalue weighted by Gasteiger charge is -2.08. The van der Waals surface area contributed by atoms with Gasteiger partial charge in [-0.25, -0.2) is 18.8 Å². The quantitative estimate of drug-likeness (QED) is 0.573. The maximum Gasteiger partial charge on any atom is 0.359 e. The fraction of sp³-hybridized carbons (Fsp3) is 0.0476. The summed E-state index contributed by atoms with van der Waals surface area (Å²) in [6.07, 6.45) is 0. The number of para-hydroxylation sites is 1. The summed E-state index contributed by atoms with van der Waals surface area (Å²) in [5, 5.41) is 10.6. The summed E-state index contributed by atoms with van der Waals surface area (Å²) in [7, 11) is 0. The van der Waals surface area contributed by atoms with Crippen molar-refractivity contribution in [3.05, 3.63) is 99.3 Å². The van der Waals surface area contributed by atoms with Crippen molar-refractivity contribution in [3.8, 4) is 5.69 Å². The van der Waals surface area contributed by atoms with Crippen molar-refractivity contribution in [2.75, 3.05) is 0 Å². The average Bonchev–Trinajstić information content (AvgIpc) is 2.96. The monoisotopic (exact) mass is 389 g/mol. The molecule has 0 saturated carbocycles. The number of hydrogen-bond donors (Lipinski definition) is 1. The predicted molar refractivity (Wildman–Crippen MR) is 106 cm³/mol. The Labute approximate surface area is 163 Å². The van der Waals surface area contributed by atoms with Gasteiger partial charge in [-0.05, 0) is 29.0 Å². The van der Waals surface area contributed by atoms with Crippen molar-refractivity contribution in [1.82, 2.24) is 13.9 Å². The number of carbonyl (C=O) groups excluding carboxylic acids is 1. The van der Waals surface area contributed by atoms with E-state index in [9.17, 15) is 24.3 Å². The van der Waals surface area contributed by atoms with Crippen LogP contribution in [0.25, 0.3) is 16.5 Å². The third-order valence-corrected chi connectivity index (χ3v) is 4.54. The first-order valence-corrected chi connectivity index (χ1v) is 8.73. The smallest absolute Gasteiger partial charge is 0.359 e. The van der Waals surface area contributed by atoms with E-state index in [1.165, 1.54) is 18.2 Å². The van der Waals surface area contributed by atoms with Gasteiger partial charge in [-0.1, -0.05) is 54.6 Å². The Morgan fingerprint density at radius 1 is 0.793 bits per heavy atom. The maximum absolute atomic E-state index is 13.3. The van der Waals surface area contributed by atoms with Crippen LogP contribution in [0.15, 0.2) is 82.4 Å². The van der Waals surface area contributed by atoms with Crippen molar-refractivity contribution in [3.63, 3.8) is 0 Å². The van der Waals surface area contributed by atoms with Gasteiger partial charge in [0.05, 0.1) is 5.69 Å². The molecule has 0 bridgehead atoms. The molecule has 1 aromatic heterocycles. The molecule has 0 fully saturated rings. The SMILES string of the molecule is O=C(O)Cn1c(=O)n(-c2ccccc2)c(=O)n1C(=O)c1cccc2ccccc12. The summed E-state index contributed by atoms with van der Waals surface area (Å²) in [5.74, 6) is -2.13. The summed E-state index contributed by atoms with van der Waals surface area (Å²) in [5.41, 5.74) is -1.40. The lowest BCUT2D eigenvalue weighted by molar-refractivity contribution is -0.138. The van der Waals surface area contributed by atoms with Crippen molar-refractivity contribution in [2.45, 2.75) is 6.54 Å². The van der Waals surface area contributed by atoms with Crippen molar-refractivity contribution in [1.29, 1.82) is 0 Å². The molecular weight excluding hydrogens is 374 g/mol. The molecule has 0 radical (unpaired) electrons. The highest BCUT2D eigenvalue weighted by Gasteiger charge is 2.25. The highest BCUT2D eigenvalue weighted by molar-refractivity contribution is 6.07. The Morgan fingerprint density at radius 3 is 2.17 bits per heavy atom. The Hall–Kier alpha value is -4.20. The fourth-order valence-corrected chi connectivity index (χ4v) is 3.27. The van der Waals surface area contributed by atoms with Crippen LogP contribution in [-0.2, 0) is 11.3 Å². The lowest BCUT2D eigenvalue weighted by atomic mass is 10.0. The standard InChI is InChI=1S/C21H15N3O5/c25-18(26)13-22-20(28)23(15-9-2-1-3-10-15)21(29)24(22)19(27)17-12-6-8-14-7-4-5-11-16(14)17/h1-12H,13H2,(H,25,26). The van der Waals surface area contributed by atoms with E-state index in [1.807, 2.05) is 18.2 Å². The molecule has 0 unspecified atom stereocenters. The van der Waals surface area contributed by atoms with E-state index in [4.69, 9.17) is 0 Å². The van der Waals surface area contributed by atoms with Gasteiger partial charge in [0.1, 0.15) is 6.54 Å². The van der Waals surface area contributed by atoms with Gasteiger partial charge in [0.15, 0.2) is 0 Å². The maximum atomic E-state index is 13.3. The third-order valence-electron chi connectivity index (χ3n) is 4.54. The number of hydrogen-bond acceptors (Lipinski definition) is 4. The number of rotatable bonds is 4. The Kier molecular flexibility index (Phi) is 4.44. The molecule has 8 nitrogen and oxygen atoms in total. The van der Waals surface area contributed by atoms with E-state index >= 15 is 0 Å². The normalized spacial score (nSPS) is 10.9. The molecule has 1 N–H and O–H groups in total. The van der Waals surface area contributed by atoms with E-state index < -0.39 is 29.8 Å². The minimum atomic E-state index is -1.35. The topological polar surface area (TPSA) is 103 Å². The molecule has 4 aromatic rings. The number of fused-ring (bicyclic) bond motifs is 1. The molecule has 4 rings (SSSR count). The number of carboxylic acids is 1. The van der Waals surface area contributed by atoms with Crippen LogP contribution in [-0.4, -0.2) is 30.9 Å². The van der Waals surface area contributed by atoms with Gasteiger partial charge in [-0.15, -0.1) is 0 Å². The van der Waals surface area contributed by atoms with Gasteiger partial charge in [-0.3, -0.25) is 9.59 Å². The first-order chi connectivity index (χ1) is 14.0. The number of carbonyl (C=O) groups is 2. The van der Waals surface area contributed by atoms with Crippen LogP contribution in [0.5, 0.6) is 0 Å². The van der Waals surface area contributed by atoms with E-state index in [-0.39, 0.29) is 11.3 Å². The van der Waals surface area contributed by atoms with Gasteiger partial charge in [0, 0.05) is 5.56 Å². The number of aliphatic carboxylic acids is 1. The molecule has 3 aromatic carbocycles. The van der Waals surface area contributed by atoms with Crippen LogP contribution in [0.2, 0.25) is 0 Å². The molecule has 0 saturated heterocycles. The first-order valence-electron chi connectivity index (χ1n) is 8.73. The second-order valence-corrected chi connectivity index (χ2v) is 6.33. The zero-order valence-electron chi connectivity index (χ0n) is 15.1. The summed E-state index contributed by atoms with van der Waals surface area (Å²) in [6.45, 7) is -0.829. The van der Waals surface area contributed by atoms with Gasteiger partial charge in [0.25, 0.3) is 5.91 Å². The molecule has 8 heteroatoms. The van der Waals surface area contributed by atoms with Crippen LogP contribution in [0.1, 0.15) is 10.4 Å². The summed E-state index contributed by atoms with van der Waals surface area (Å²) in [6, 6.07) is 20.1. The predicted octanol–water partition coefficient (Wildman–Crippen LogP) is 1.73. The Bertz CT molecular complexity index is 1360.